The van der Waals surface area contributed by atoms with Crippen LogP contribution >= 0.6 is 11.6 Å². The van der Waals surface area contributed by atoms with Crippen LogP contribution in [-0.2, 0) is 23.1 Å². The van der Waals surface area contributed by atoms with E-state index in [0.717, 1.165) is 36.4 Å². The van der Waals surface area contributed by atoms with Gasteiger partial charge in [0.2, 0.25) is 0 Å². The highest BCUT2D eigenvalue weighted by Gasteiger charge is 2.29. The molecule has 1 aromatic heterocycles. The topological polar surface area (TPSA) is 165 Å². The summed E-state index contributed by atoms with van der Waals surface area (Å²) < 4.78 is 35.9. The van der Waals surface area contributed by atoms with Crippen molar-refractivity contribution >= 4 is 44.6 Å². The quantitative estimate of drug-likeness (QED) is 0.0876. The number of hydrogen-bond donors (Lipinski definition) is 2. The van der Waals surface area contributed by atoms with Crippen LogP contribution in [0.1, 0.15) is 15.9 Å². The lowest BCUT2D eigenvalue weighted by Gasteiger charge is -2.36. The number of anilines is 2. The van der Waals surface area contributed by atoms with Crippen molar-refractivity contribution in [2.45, 2.75) is 18.0 Å². The van der Waals surface area contributed by atoms with Crippen LogP contribution in [0.15, 0.2) is 133 Å². The van der Waals surface area contributed by atoms with Crippen molar-refractivity contribution in [1.29, 1.82) is 0 Å². The molecule has 1 aliphatic rings. The average molecular weight is 793 g/mol. The standard InChI is InChI=1S/C40H37ClN8O6S/c41-31-15-13-29(14-16-31)34-10-5-4-7-30(34)28-46-23-25-47(26-24-46)32-17-18-35(37(27-32)55-33-8-2-1-3-9-33)40(50)45-56(53,54)38-12-6-11-36(49(51)52)39(38)42-21-22-48-43-19-20-44-48/h1-20,27,42H,21-26,28H2,(H,45,50). The number of nitro groups is 1. The number of ether oxygens (including phenoxy) is 1. The van der Waals surface area contributed by atoms with E-state index in [1.807, 2.05) is 42.5 Å². The molecule has 1 saturated heterocycles. The Morgan fingerprint density at radius 3 is 2.30 bits per heavy atom. The molecule has 2 N–H and O–H groups in total. The van der Waals surface area contributed by atoms with Gasteiger partial charge in [0.1, 0.15) is 22.1 Å². The van der Waals surface area contributed by atoms with Gasteiger partial charge >= 0.3 is 0 Å². The van der Waals surface area contributed by atoms with Crippen molar-refractivity contribution in [2.24, 2.45) is 0 Å². The van der Waals surface area contributed by atoms with E-state index in [4.69, 9.17) is 16.3 Å². The SMILES string of the molecule is O=C(NS(=O)(=O)c1cccc([N+](=O)[O-])c1NCCn1nccn1)c1ccc(N2CCN(Cc3ccccc3-c3ccc(Cl)cc3)CC2)cc1Oc1ccccc1. The number of nitrogens with zero attached hydrogens (tertiary/aromatic N) is 6. The van der Waals surface area contributed by atoms with E-state index in [0.29, 0.717) is 23.9 Å². The number of hydrogen-bond acceptors (Lipinski definition) is 11. The summed E-state index contributed by atoms with van der Waals surface area (Å²) in [6, 6.07) is 33.7. The maximum absolute atomic E-state index is 13.8. The third-order valence-corrected chi connectivity index (χ3v) is 10.9. The second-order valence-corrected chi connectivity index (χ2v) is 15.0. The van der Waals surface area contributed by atoms with Crippen LogP contribution in [0.25, 0.3) is 11.1 Å². The molecule has 286 valence electrons. The molecule has 0 atom stereocenters. The van der Waals surface area contributed by atoms with Gasteiger partial charge in [-0.1, -0.05) is 72.3 Å². The van der Waals surface area contributed by atoms with Crippen LogP contribution in [0.2, 0.25) is 5.02 Å². The Labute approximate surface area is 328 Å². The van der Waals surface area contributed by atoms with Crippen LogP contribution in [0, 0.1) is 10.1 Å². The number of sulfonamides is 1. The van der Waals surface area contributed by atoms with E-state index < -0.39 is 31.4 Å². The maximum atomic E-state index is 13.8. The molecule has 0 radical (unpaired) electrons. The number of aromatic nitrogens is 3. The molecular weight excluding hydrogens is 756 g/mol. The molecule has 5 aromatic carbocycles. The Balaban J connectivity index is 1.09. The molecule has 6 aromatic rings. The fourth-order valence-electron chi connectivity index (χ4n) is 6.51. The molecular formula is C40H37ClN8O6S. The summed E-state index contributed by atoms with van der Waals surface area (Å²) >= 11 is 6.14. The molecule has 0 spiro atoms. The monoisotopic (exact) mass is 792 g/mol. The zero-order chi connectivity index (χ0) is 39.1. The molecule has 1 fully saturated rings. The van der Waals surface area contributed by atoms with Gasteiger partial charge in [0.15, 0.2) is 0 Å². The molecule has 14 nitrogen and oxygen atoms in total. The third kappa shape index (κ3) is 8.97. The Morgan fingerprint density at radius 2 is 1.57 bits per heavy atom. The molecule has 16 heteroatoms. The first-order valence-corrected chi connectivity index (χ1v) is 19.6. The molecule has 7 rings (SSSR count). The lowest BCUT2D eigenvalue weighted by atomic mass is 9.99. The summed E-state index contributed by atoms with van der Waals surface area (Å²) in [7, 11) is -4.64. The molecule has 0 saturated carbocycles. The minimum absolute atomic E-state index is 0.0386. The van der Waals surface area contributed by atoms with Crippen molar-refractivity contribution in [3.8, 4) is 22.6 Å². The Kier molecular flexibility index (Phi) is 11.6. The van der Waals surface area contributed by atoms with E-state index in [-0.39, 0.29) is 30.1 Å². The number of benzene rings is 5. The van der Waals surface area contributed by atoms with Gasteiger partial charge in [-0.15, -0.1) is 0 Å². The van der Waals surface area contributed by atoms with Gasteiger partial charge in [-0.3, -0.25) is 19.8 Å². The summed E-state index contributed by atoms with van der Waals surface area (Å²) in [5, 5.41) is 23.4. The number of rotatable bonds is 14. The van der Waals surface area contributed by atoms with Gasteiger partial charge < -0.3 is 15.0 Å². The Hall–Kier alpha value is -6.29. The van der Waals surface area contributed by atoms with E-state index in [1.165, 1.54) is 47.0 Å². The predicted molar refractivity (Wildman–Crippen MR) is 214 cm³/mol. The van der Waals surface area contributed by atoms with Crippen LogP contribution in [-0.4, -0.2) is 71.9 Å². The van der Waals surface area contributed by atoms with Crippen molar-refractivity contribution in [3.63, 3.8) is 0 Å². The highest BCUT2D eigenvalue weighted by Crippen LogP contribution is 2.34. The average Bonchev–Trinajstić information content (AvgIpc) is 3.73. The number of nitrogens with one attached hydrogen (secondary N) is 2. The first-order valence-electron chi connectivity index (χ1n) is 17.8. The van der Waals surface area contributed by atoms with Crippen molar-refractivity contribution < 1.29 is 22.9 Å². The van der Waals surface area contributed by atoms with Crippen LogP contribution in [0.4, 0.5) is 17.1 Å². The van der Waals surface area contributed by atoms with E-state index >= 15 is 0 Å². The van der Waals surface area contributed by atoms with Crippen molar-refractivity contribution in [3.05, 3.63) is 154 Å². The number of piperazine rings is 1. The van der Waals surface area contributed by atoms with Crippen LogP contribution in [0.3, 0.4) is 0 Å². The number of amides is 1. The fourth-order valence-corrected chi connectivity index (χ4v) is 7.81. The smallest absolute Gasteiger partial charge is 0.293 e. The second kappa shape index (κ2) is 17.0. The molecule has 1 aliphatic heterocycles. The van der Waals surface area contributed by atoms with Gasteiger partial charge in [-0.2, -0.15) is 15.0 Å². The molecule has 2 heterocycles. The van der Waals surface area contributed by atoms with Crippen LogP contribution < -0.4 is 19.7 Å². The summed E-state index contributed by atoms with van der Waals surface area (Å²) in [4.78, 5) is 30.5. The molecule has 0 unspecified atom stereocenters. The number of para-hydroxylation sites is 2. The summed E-state index contributed by atoms with van der Waals surface area (Å²) in [6.45, 7) is 4.00. The minimum atomic E-state index is -4.64. The molecule has 56 heavy (non-hydrogen) atoms. The highest BCUT2D eigenvalue weighted by atomic mass is 35.5. The third-order valence-electron chi connectivity index (χ3n) is 9.28. The zero-order valence-corrected chi connectivity index (χ0v) is 31.6. The van der Waals surface area contributed by atoms with Crippen molar-refractivity contribution in [2.75, 3.05) is 42.9 Å². The lowest BCUT2D eigenvalue weighted by Crippen LogP contribution is -2.46. The normalized spacial score (nSPS) is 13.3. The number of nitro benzene ring substituents is 1. The second-order valence-electron chi connectivity index (χ2n) is 12.9. The number of carbonyl (C=O) groups excluding carboxylic acids is 1. The maximum Gasteiger partial charge on any atom is 0.293 e. The minimum Gasteiger partial charge on any atom is -0.456 e. The summed E-state index contributed by atoms with van der Waals surface area (Å²) in [5.41, 5.74) is 3.49. The van der Waals surface area contributed by atoms with Gasteiger partial charge in [0, 0.05) is 62.1 Å². The molecule has 1 amide bonds. The molecule has 0 bridgehead atoms. The lowest BCUT2D eigenvalue weighted by molar-refractivity contribution is -0.384. The van der Waals surface area contributed by atoms with Crippen LogP contribution in [0.5, 0.6) is 11.5 Å². The van der Waals surface area contributed by atoms with Gasteiger partial charge in [-0.25, -0.2) is 13.1 Å². The highest BCUT2D eigenvalue weighted by molar-refractivity contribution is 7.90. The Bertz CT molecular complexity index is 2430. The van der Waals surface area contributed by atoms with E-state index in [9.17, 15) is 23.3 Å². The van der Waals surface area contributed by atoms with E-state index in [1.54, 1.807) is 36.4 Å². The van der Waals surface area contributed by atoms with Gasteiger partial charge in [0.05, 0.1) is 29.4 Å². The molecule has 0 aliphatic carbocycles. The fraction of sp³-hybridized carbons (Fsp3) is 0.175. The number of carbonyl (C=O) groups is 1. The largest absolute Gasteiger partial charge is 0.456 e. The van der Waals surface area contributed by atoms with Crippen molar-refractivity contribution in [1.82, 2.24) is 24.6 Å². The number of halogens is 1. The zero-order valence-electron chi connectivity index (χ0n) is 30.0. The predicted octanol–water partition coefficient (Wildman–Crippen LogP) is 6.85. The summed E-state index contributed by atoms with van der Waals surface area (Å²) in [6.07, 6.45) is 2.95. The summed E-state index contributed by atoms with van der Waals surface area (Å²) in [5.74, 6) is -0.378. The van der Waals surface area contributed by atoms with E-state index in [2.05, 4.69) is 42.2 Å². The van der Waals surface area contributed by atoms with Gasteiger partial charge in [-0.05, 0) is 59.2 Å². The first-order chi connectivity index (χ1) is 27.1. The Morgan fingerprint density at radius 1 is 0.857 bits per heavy atom. The van der Waals surface area contributed by atoms with Gasteiger partial charge in [0.25, 0.3) is 21.6 Å². The first kappa shape index (κ1) is 38.0.